The van der Waals surface area contributed by atoms with Crippen molar-refractivity contribution in [2.75, 3.05) is 0 Å². The van der Waals surface area contributed by atoms with Crippen LogP contribution in [0.15, 0.2) is 24.3 Å². The van der Waals surface area contributed by atoms with Crippen LogP contribution in [-0.4, -0.2) is 12.1 Å². The first kappa shape index (κ1) is 7.98. The maximum absolute atomic E-state index is 11.9. The van der Waals surface area contributed by atoms with Crippen LogP contribution >= 0.6 is 0 Å². The van der Waals surface area contributed by atoms with Gasteiger partial charge in [-0.25, -0.2) is 0 Å². The van der Waals surface area contributed by atoms with E-state index < -0.39 is 12.4 Å². The second-order valence-electron chi connectivity index (χ2n) is 2.17. The molecule has 0 aromatic heterocycles. The summed E-state index contributed by atoms with van der Waals surface area (Å²) in [6.07, 6.45) is 0. The molecule has 1 N–H and O–H groups in total. The maximum Gasteiger partial charge on any atom is 0.509 e. The molecule has 1 aromatic rings. The molecule has 5 heteroatoms. The number of halogens is 3. The second kappa shape index (κ2) is 2.49. The van der Waals surface area contributed by atoms with E-state index in [0.29, 0.717) is 6.07 Å². The third-order valence-electron chi connectivity index (χ3n) is 1.25. The van der Waals surface area contributed by atoms with E-state index in [1.807, 2.05) is 0 Å². The van der Waals surface area contributed by atoms with E-state index in [1.54, 1.807) is 0 Å². The molecule has 0 unspecified atom stereocenters. The van der Waals surface area contributed by atoms with Crippen LogP contribution in [0, 0.1) is 0 Å². The Balaban J connectivity index is 3.06. The summed E-state index contributed by atoms with van der Waals surface area (Å²) in [5, 5.41) is 8.69. The zero-order valence-electron chi connectivity index (χ0n) is 5.47. The van der Waals surface area contributed by atoms with Crippen molar-refractivity contribution < 1.29 is 18.1 Å². The largest absolute Gasteiger partial charge is 0.509 e. The first-order valence-electron chi connectivity index (χ1n) is 2.99. The quantitative estimate of drug-likeness (QED) is 0.617. The molecule has 0 atom stereocenters. The molecule has 0 radical (unpaired) electrons. The Morgan fingerprint density at radius 3 is 2.18 bits per heavy atom. The van der Waals surface area contributed by atoms with Gasteiger partial charge in [0, 0.05) is 0 Å². The minimum atomic E-state index is -4.98. The lowest BCUT2D eigenvalue weighted by Gasteiger charge is -2.13. The Bertz CT molecular complexity index is 258. The van der Waals surface area contributed by atoms with Crippen LogP contribution in [0.3, 0.4) is 0 Å². The molecule has 0 spiro atoms. The van der Waals surface area contributed by atoms with Crippen molar-refractivity contribution in [3.8, 4) is 5.75 Å². The Morgan fingerprint density at radius 2 is 1.82 bits per heavy atom. The predicted octanol–water partition coefficient (Wildman–Crippen LogP) is 1.45. The van der Waals surface area contributed by atoms with E-state index in [1.165, 1.54) is 12.1 Å². The molecule has 0 aliphatic carbocycles. The number of phenols is 1. The minimum Gasteiger partial charge on any atom is -0.508 e. The van der Waals surface area contributed by atoms with E-state index in [0.717, 1.165) is 6.07 Å². The van der Waals surface area contributed by atoms with Gasteiger partial charge in [0.25, 0.3) is 0 Å². The first-order chi connectivity index (χ1) is 5.00. The topological polar surface area (TPSA) is 20.2 Å². The Kier molecular flexibility index (Phi) is 1.80. The van der Waals surface area contributed by atoms with Gasteiger partial charge in [0.05, 0.1) is 0 Å². The highest BCUT2D eigenvalue weighted by Gasteiger charge is 2.25. The van der Waals surface area contributed by atoms with Gasteiger partial charge >= 0.3 is 6.98 Å². The number of rotatable bonds is 1. The van der Waals surface area contributed by atoms with Gasteiger partial charge < -0.3 is 18.1 Å². The molecule has 1 aromatic carbocycles. The lowest BCUT2D eigenvalue weighted by atomic mass is 9.80. The lowest BCUT2D eigenvalue weighted by Crippen LogP contribution is -2.33. The summed E-state index contributed by atoms with van der Waals surface area (Å²) in [4.78, 5) is 0. The molecule has 0 bridgehead atoms. The third kappa shape index (κ3) is 1.90. The molecule has 0 aliphatic rings. The fourth-order valence-corrected chi connectivity index (χ4v) is 0.728. The van der Waals surface area contributed by atoms with Crippen molar-refractivity contribution >= 4 is 12.4 Å². The molecule has 1 rings (SSSR count). The summed E-state index contributed by atoms with van der Waals surface area (Å²) in [6.45, 7) is -4.98. The highest BCUT2D eigenvalue weighted by atomic mass is 19.4. The average Bonchev–Trinajstić information content (AvgIpc) is 1.86. The molecule has 0 fully saturated rings. The molecular weight excluding hydrogens is 156 g/mol. The van der Waals surface area contributed by atoms with Crippen LogP contribution in [0.25, 0.3) is 0 Å². The summed E-state index contributed by atoms with van der Waals surface area (Å²) in [6, 6.07) is 4.00. The van der Waals surface area contributed by atoms with Crippen molar-refractivity contribution in [3.63, 3.8) is 0 Å². The third-order valence-corrected chi connectivity index (χ3v) is 1.25. The lowest BCUT2D eigenvalue weighted by molar-refractivity contribution is 0.472. The highest BCUT2D eigenvalue weighted by Crippen LogP contribution is 2.12. The Hall–Kier alpha value is -1.13. The molecule has 1 nitrogen and oxygen atoms in total. The monoisotopic (exact) mass is 161 g/mol. The number of hydrogen-bond donors (Lipinski definition) is 1. The molecule has 60 valence electrons. The summed E-state index contributed by atoms with van der Waals surface area (Å²) < 4.78 is 35.8. The molecule has 0 aliphatic heterocycles. The molecular formula is C6H5BF3O-. The maximum atomic E-state index is 11.9. The average molecular weight is 161 g/mol. The van der Waals surface area contributed by atoms with Crippen LogP contribution in [0.1, 0.15) is 0 Å². The summed E-state index contributed by atoms with van der Waals surface area (Å²) in [5.74, 6) is -0.360. The zero-order valence-corrected chi connectivity index (χ0v) is 5.47. The van der Waals surface area contributed by atoms with Crippen molar-refractivity contribution in [2.24, 2.45) is 0 Å². The van der Waals surface area contributed by atoms with Crippen LogP contribution in [0.4, 0.5) is 12.9 Å². The molecule has 0 saturated carbocycles. The van der Waals surface area contributed by atoms with Gasteiger partial charge in [0.2, 0.25) is 0 Å². The van der Waals surface area contributed by atoms with Gasteiger partial charge in [-0.15, -0.1) is 5.46 Å². The van der Waals surface area contributed by atoms with Crippen molar-refractivity contribution in [3.05, 3.63) is 24.3 Å². The van der Waals surface area contributed by atoms with Gasteiger partial charge in [-0.2, -0.15) is 0 Å². The molecule has 0 saturated heterocycles. The summed E-state index contributed by atoms with van der Waals surface area (Å²) in [7, 11) is 0. The molecule has 0 amide bonds. The minimum absolute atomic E-state index is 0.360. The zero-order chi connectivity index (χ0) is 8.48. The van der Waals surface area contributed by atoms with Crippen LogP contribution in [0.2, 0.25) is 0 Å². The summed E-state index contributed by atoms with van der Waals surface area (Å²) >= 11 is 0. The van der Waals surface area contributed by atoms with Gasteiger partial charge in [-0.1, -0.05) is 12.1 Å². The van der Waals surface area contributed by atoms with Gasteiger partial charge in [0.1, 0.15) is 5.75 Å². The van der Waals surface area contributed by atoms with Gasteiger partial charge in [-0.3, -0.25) is 0 Å². The van der Waals surface area contributed by atoms with Crippen LogP contribution in [0.5, 0.6) is 5.75 Å². The number of phenolic OH excluding ortho intramolecular Hbond substituents is 1. The molecule has 0 heterocycles. The van der Waals surface area contributed by atoms with Gasteiger partial charge in [0.15, 0.2) is 0 Å². The molecule has 11 heavy (non-hydrogen) atoms. The fourth-order valence-electron chi connectivity index (χ4n) is 0.728. The predicted molar refractivity (Wildman–Crippen MR) is 36.8 cm³/mol. The highest BCUT2D eigenvalue weighted by molar-refractivity contribution is 6.73. The van der Waals surface area contributed by atoms with Crippen LogP contribution in [-0.2, 0) is 0 Å². The van der Waals surface area contributed by atoms with E-state index in [2.05, 4.69) is 0 Å². The van der Waals surface area contributed by atoms with Crippen molar-refractivity contribution in [1.29, 1.82) is 0 Å². The van der Waals surface area contributed by atoms with E-state index >= 15 is 0 Å². The second-order valence-corrected chi connectivity index (χ2v) is 2.17. The van der Waals surface area contributed by atoms with Gasteiger partial charge in [-0.05, 0) is 12.1 Å². The van der Waals surface area contributed by atoms with E-state index in [-0.39, 0.29) is 5.75 Å². The van der Waals surface area contributed by atoms with E-state index in [9.17, 15) is 12.9 Å². The SMILES string of the molecule is Oc1cccc([B-](F)(F)F)c1. The fraction of sp³-hybridized carbons (Fsp3) is 0. The van der Waals surface area contributed by atoms with Crippen molar-refractivity contribution in [2.45, 2.75) is 0 Å². The standard InChI is InChI=1S/C6H5BF3O/c8-7(9,10)5-2-1-3-6(11)4-5/h1-4,11H/q-1. The number of hydrogen-bond acceptors (Lipinski definition) is 1. The number of benzene rings is 1. The first-order valence-corrected chi connectivity index (χ1v) is 2.99. The van der Waals surface area contributed by atoms with Crippen LogP contribution < -0.4 is 5.46 Å². The van der Waals surface area contributed by atoms with E-state index in [4.69, 9.17) is 5.11 Å². The Labute approximate surface area is 61.5 Å². The normalized spacial score (nSPS) is 11.5. The number of aromatic hydroxyl groups is 1. The smallest absolute Gasteiger partial charge is 0.508 e. The summed E-state index contributed by atoms with van der Waals surface area (Å²) in [5.41, 5.74) is -0.773. The van der Waals surface area contributed by atoms with Crippen molar-refractivity contribution in [1.82, 2.24) is 0 Å². The Morgan fingerprint density at radius 1 is 1.18 bits per heavy atom.